The third kappa shape index (κ3) is 7.53. The Labute approximate surface area is 69.8 Å². The van der Waals surface area contributed by atoms with E-state index in [2.05, 4.69) is 9.99 Å². The second-order valence-electron chi connectivity index (χ2n) is 1.23. The second kappa shape index (κ2) is 8.53. The van der Waals surface area contributed by atoms with Crippen molar-refractivity contribution in [3.8, 4) is 0 Å². The third-order valence-electron chi connectivity index (χ3n) is 0.554. The van der Waals surface area contributed by atoms with Gasteiger partial charge in [-0.3, -0.25) is 0 Å². The van der Waals surface area contributed by atoms with E-state index in [1.165, 1.54) is 17.3 Å². The lowest BCUT2D eigenvalue weighted by molar-refractivity contribution is 0.176. The van der Waals surface area contributed by atoms with E-state index in [1.807, 2.05) is 0 Å². The Hall–Kier alpha value is -0.470. The van der Waals surface area contributed by atoms with Gasteiger partial charge in [0.2, 0.25) is 0 Å². The summed E-state index contributed by atoms with van der Waals surface area (Å²) in [6.45, 7) is 0.371. The number of hydrogen-bond donors (Lipinski definition) is 0. The number of nitrogens with zero attached hydrogens (tertiary/aromatic N) is 1. The lowest BCUT2D eigenvalue weighted by Crippen LogP contribution is -1.79. The number of hydrogen-bond acceptors (Lipinski definition) is 2. The first kappa shape index (κ1) is 9.53. The van der Waals surface area contributed by atoms with E-state index in [0.29, 0.717) is 6.61 Å². The van der Waals surface area contributed by atoms with E-state index >= 15 is 0 Å². The molecule has 0 atom stereocenters. The van der Waals surface area contributed by atoms with Crippen LogP contribution in [0.25, 0.3) is 0 Å². The normalized spacial score (nSPS) is 12.2. The fourth-order valence-electron chi connectivity index (χ4n) is 0.233. The minimum atomic E-state index is 0.371. The summed E-state index contributed by atoms with van der Waals surface area (Å²) in [6, 6.07) is 0. The van der Waals surface area contributed by atoms with Crippen molar-refractivity contribution >= 4 is 29.4 Å². The van der Waals surface area contributed by atoms with Crippen LogP contribution in [0.3, 0.4) is 0 Å². The van der Waals surface area contributed by atoms with E-state index in [1.54, 1.807) is 12.2 Å². The van der Waals surface area contributed by atoms with Crippen molar-refractivity contribution in [3.63, 3.8) is 0 Å². The van der Waals surface area contributed by atoms with Crippen molar-refractivity contribution in [1.82, 2.24) is 0 Å². The number of halogens is 2. The maximum Gasteiger partial charge on any atom is 0.136 e. The smallest absolute Gasteiger partial charge is 0.136 e. The molecule has 0 aliphatic heterocycles. The Morgan fingerprint density at radius 1 is 1.30 bits per heavy atom. The standard InChI is InChI=1S/C6H7Cl2NO/c7-3-1-5-9-10-6-2-4-8/h1-5H,6H2/b3-1+,4-2+,9-5+. The van der Waals surface area contributed by atoms with Gasteiger partial charge in [0.1, 0.15) is 6.61 Å². The quantitative estimate of drug-likeness (QED) is 0.370. The van der Waals surface area contributed by atoms with Crippen LogP contribution in [0.1, 0.15) is 0 Å². The molecule has 56 valence electrons. The van der Waals surface area contributed by atoms with Gasteiger partial charge >= 0.3 is 0 Å². The monoisotopic (exact) mass is 179 g/mol. The van der Waals surface area contributed by atoms with Crippen LogP contribution in [0.5, 0.6) is 0 Å². The zero-order valence-corrected chi connectivity index (χ0v) is 6.72. The highest BCUT2D eigenvalue weighted by Crippen LogP contribution is 1.81. The van der Waals surface area contributed by atoms with Crippen LogP contribution >= 0.6 is 23.2 Å². The van der Waals surface area contributed by atoms with Gasteiger partial charge in [0.25, 0.3) is 0 Å². The van der Waals surface area contributed by atoms with Gasteiger partial charge in [-0.25, -0.2) is 0 Å². The van der Waals surface area contributed by atoms with Crippen molar-refractivity contribution in [3.05, 3.63) is 23.2 Å². The average molecular weight is 180 g/mol. The average Bonchev–Trinajstić information content (AvgIpc) is 1.97. The highest BCUT2D eigenvalue weighted by Gasteiger charge is 1.70. The first-order valence-electron chi connectivity index (χ1n) is 2.57. The number of rotatable bonds is 4. The molecular formula is C6H7Cl2NO. The van der Waals surface area contributed by atoms with Crippen molar-refractivity contribution in [2.24, 2.45) is 5.16 Å². The van der Waals surface area contributed by atoms with Gasteiger partial charge in [-0.05, 0) is 12.2 Å². The molecule has 0 aromatic rings. The number of oxime groups is 1. The van der Waals surface area contributed by atoms with Crippen LogP contribution < -0.4 is 0 Å². The molecule has 2 nitrogen and oxygen atoms in total. The molecule has 10 heavy (non-hydrogen) atoms. The van der Waals surface area contributed by atoms with Gasteiger partial charge in [0.15, 0.2) is 0 Å². The highest BCUT2D eigenvalue weighted by atomic mass is 35.5. The maximum atomic E-state index is 5.19. The Bertz CT molecular complexity index is 143. The van der Waals surface area contributed by atoms with Crippen molar-refractivity contribution in [2.75, 3.05) is 6.61 Å². The molecule has 0 saturated carbocycles. The summed E-state index contributed by atoms with van der Waals surface area (Å²) < 4.78 is 0. The summed E-state index contributed by atoms with van der Waals surface area (Å²) in [6.07, 6.45) is 4.62. The van der Waals surface area contributed by atoms with Crippen LogP contribution in [0.4, 0.5) is 0 Å². The van der Waals surface area contributed by atoms with Crippen LogP contribution in [-0.4, -0.2) is 12.8 Å². The summed E-state index contributed by atoms with van der Waals surface area (Å²) in [5.41, 5.74) is 2.71. The Morgan fingerprint density at radius 3 is 2.70 bits per heavy atom. The molecular weight excluding hydrogens is 173 g/mol. The van der Waals surface area contributed by atoms with Crippen LogP contribution in [0.2, 0.25) is 0 Å². The van der Waals surface area contributed by atoms with Crippen LogP contribution in [0, 0.1) is 0 Å². The molecule has 0 unspecified atom stereocenters. The topological polar surface area (TPSA) is 21.6 Å². The zero-order chi connectivity index (χ0) is 7.66. The van der Waals surface area contributed by atoms with E-state index in [-0.39, 0.29) is 0 Å². The molecule has 0 rings (SSSR count). The first-order chi connectivity index (χ1) is 4.91. The lowest BCUT2D eigenvalue weighted by atomic mass is 10.7. The molecule has 0 heterocycles. The molecule has 0 spiro atoms. The van der Waals surface area contributed by atoms with Crippen molar-refractivity contribution < 1.29 is 4.84 Å². The van der Waals surface area contributed by atoms with E-state index < -0.39 is 0 Å². The summed E-state index contributed by atoms with van der Waals surface area (Å²) in [5.74, 6) is 0. The molecule has 0 bridgehead atoms. The molecule has 0 fully saturated rings. The van der Waals surface area contributed by atoms with E-state index in [9.17, 15) is 0 Å². The van der Waals surface area contributed by atoms with Crippen LogP contribution in [-0.2, 0) is 4.84 Å². The summed E-state index contributed by atoms with van der Waals surface area (Å²) >= 11 is 10.4. The molecule has 0 saturated heterocycles. The van der Waals surface area contributed by atoms with Crippen LogP contribution in [0.15, 0.2) is 28.4 Å². The Morgan fingerprint density at radius 2 is 2.10 bits per heavy atom. The minimum Gasteiger partial charge on any atom is -0.392 e. The van der Waals surface area contributed by atoms with Gasteiger partial charge in [-0.2, -0.15) is 0 Å². The molecule has 0 aliphatic rings. The summed E-state index contributed by atoms with van der Waals surface area (Å²) in [4.78, 5) is 4.66. The maximum absolute atomic E-state index is 5.19. The largest absolute Gasteiger partial charge is 0.392 e. The molecule has 0 radical (unpaired) electrons. The molecule has 4 heteroatoms. The van der Waals surface area contributed by atoms with Gasteiger partial charge in [0, 0.05) is 11.1 Å². The molecule has 0 aromatic carbocycles. The van der Waals surface area contributed by atoms with Gasteiger partial charge in [-0.1, -0.05) is 28.4 Å². The predicted molar refractivity (Wildman–Crippen MR) is 44.4 cm³/mol. The van der Waals surface area contributed by atoms with E-state index in [4.69, 9.17) is 23.2 Å². The molecule has 0 amide bonds. The fourth-order valence-corrected chi connectivity index (χ4v) is 0.371. The molecule has 0 aliphatic carbocycles. The van der Waals surface area contributed by atoms with Gasteiger partial charge in [-0.15, -0.1) is 0 Å². The predicted octanol–water partition coefficient (Wildman–Crippen LogP) is 2.49. The first-order valence-corrected chi connectivity index (χ1v) is 3.45. The lowest BCUT2D eigenvalue weighted by Gasteiger charge is -1.87. The zero-order valence-electron chi connectivity index (χ0n) is 5.21. The van der Waals surface area contributed by atoms with Crippen molar-refractivity contribution in [2.45, 2.75) is 0 Å². The summed E-state index contributed by atoms with van der Waals surface area (Å²) in [5, 5.41) is 3.49. The Balaban J connectivity index is 3.18. The third-order valence-corrected chi connectivity index (χ3v) is 0.878. The molecule has 0 aromatic heterocycles. The highest BCUT2D eigenvalue weighted by molar-refractivity contribution is 6.26. The van der Waals surface area contributed by atoms with Gasteiger partial charge < -0.3 is 4.84 Å². The second-order valence-corrected chi connectivity index (χ2v) is 1.73. The number of allylic oxidation sites excluding steroid dienone is 1. The Kier molecular flexibility index (Phi) is 8.13. The van der Waals surface area contributed by atoms with E-state index in [0.717, 1.165) is 0 Å². The minimum absolute atomic E-state index is 0.371. The SMILES string of the molecule is Cl/C=C/C=N/OC/C=C/Cl. The van der Waals surface area contributed by atoms with Gasteiger partial charge in [0.05, 0.1) is 6.21 Å². The fraction of sp³-hybridized carbons (Fsp3) is 0.167. The van der Waals surface area contributed by atoms with Crippen molar-refractivity contribution in [1.29, 1.82) is 0 Å². The molecule has 0 N–H and O–H groups in total. The summed E-state index contributed by atoms with van der Waals surface area (Å²) in [7, 11) is 0.